The Morgan fingerprint density at radius 3 is 2.59 bits per heavy atom. The molecule has 1 aromatic rings. The van der Waals surface area contributed by atoms with Gasteiger partial charge in [-0.25, -0.2) is 9.78 Å². The molecule has 0 aromatic carbocycles. The Morgan fingerprint density at radius 1 is 1.15 bits per heavy atom. The molecule has 0 saturated carbocycles. The number of carboxylic acid groups (broad SMARTS) is 1. The molecule has 2 aliphatic heterocycles. The third-order valence-corrected chi connectivity index (χ3v) is 6.37. The molecule has 34 heavy (non-hydrogen) atoms. The van der Waals surface area contributed by atoms with Crippen LogP contribution in [0.1, 0.15) is 50.6 Å². The van der Waals surface area contributed by atoms with Gasteiger partial charge >= 0.3 is 5.97 Å². The number of carbonyl (C=O) groups is 4. The number of amides is 3. The summed E-state index contributed by atoms with van der Waals surface area (Å²) in [5, 5.41) is 18.0. The Balaban J connectivity index is 1.69. The van der Waals surface area contributed by atoms with Crippen molar-refractivity contribution in [1.29, 1.82) is 0 Å². The molecular formula is C22H35N7O5. The molecule has 2 fully saturated rings. The number of rotatable bonds is 12. The van der Waals surface area contributed by atoms with Crippen molar-refractivity contribution in [2.24, 2.45) is 5.73 Å². The number of aromatic amines is 1. The number of nitrogens with one attached hydrogen (secondary N) is 4. The van der Waals surface area contributed by atoms with E-state index >= 15 is 0 Å². The summed E-state index contributed by atoms with van der Waals surface area (Å²) in [6.07, 6.45) is 7.45. The van der Waals surface area contributed by atoms with Gasteiger partial charge in [-0.05, 0) is 58.0 Å². The number of H-pyrrole nitrogens is 1. The van der Waals surface area contributed by atoms with E-state index in [9.17, 15) is 24.3 Å². The molecule has 0 spiro atoms. The van der Waals surface area contributed by atoms with Gasteiger partial charge in [-0.1, -0.05) is 0 Å². The monoisotopic (exact) mass is 477 g/mol. The highest BCUT2D eigenvalue weighted by Crippen LogP contribution is 2.20. The maximum atomic E-state index is 13.5. The summed E-state index contributed by atoms with van der Waals surface area (Å²) in [5.74, 6) is -2.22. The smallest absolute Gasteiger partial charge is 0.326 e. The van der Waals surface area contributed by atoms with Gasteiger partial charge in [0.2, 0.25) is 17.7 Å². The van der Waals surface area contributed by atoms with E-state index in [1.165, 1.54) is 11.2 Å². The Bertz CT molecular complexity index is 841. The van der Waals surface area contributed by atoms with Crippen molar-refractivity contribution >= 4 is 23.7 Å². The molecule has 2 aliphatic rings. The molecule has 7 N–H and O–H groups in total. The van der Waals surface area contributed by atoms with Crippen LogP contribution in [0.3, 0.4) is 0 Å². The van der Waals surface area contributed by atoms with Crippen molar-refractivity contribution in [3.05, 3.63) is 18.2 Å². The first kappa shape index (κ1) is 25.6. The molecule has 4 unspecified atom stereocenters. The molecule has 1 aromatic heterocycles. The summed E-state index contributed by atoms with van der Waals surface area (Å²) in [5.41, 5.74) is 6.16. The van der Waals surface area contributed by atoms with Crippen LogP contribution < -0.4 is 21.7 Å². The number of nitrogens with zero attached hydrogens (tertiary/aromatic N) is 2. The van der Waals surface area contributed by atoms with Crippen molar-refractivity contribution in [3.8, 4) is 0 Å². The number of aliphatic carboxylic acids is 1. The quantitative estimate of drug-likeness (QED) is 0.205. The minimum atomic E-state index is -1.12. The van der Waals surface area contributed by atoms with Crippen LogP contribution >= 0.6 is 0 Å². The lowest BCUT2D eigenvalue weighted by Crippen LogP contribution is -2.57. The predicted molar refractivity (Wildman–Crippen MR) is 122 cm³/mol. The average molecular weight is 478 g/mol. The van der Waals surface area contributed by atoms with Crippen molar-refractivity contribution in [1.82, 2.24) is 30.8 Å². The molecule has 3 amide bonds. The van der Waals surface area contributed by atoms with E-state index in [0.29, 0.717) is 50.9 Å². The number of imidazole rings is 1. The summed E-state index contributed by atoms with van der Waals surface area (Å²) in [6, 6.07) is -3.04. The summed E-state index contributed by atoms with van der Waals surface area (Å²) >= 11 is 0. The first-order valence-corrected chi connectivity index (χ1v) is 12.0. The molecule has 12 heteroatoms. The SMILES string of the molecule is NCCCCC(NC(=O)C1CCCN1C(=O)C(Cc1cnc[nH]1)NC(=O)C1CCCN1)C(=O)O. The van der Waals surface area contributed by atoms with Gasteiger partial charge in [-0.15, -0.1) is 0 Å². The number of hydrogen-bond donors (Lipinski definition) is 6. The fraction of sp³-hybridized carbons (Fsp3) is 0.682. The number of likely N-dealkylation sites (tertiary alicyclic amines) is 1. The lowest BCUT2D eigenvalue weighted by Gasteiger charge is -2.30. The number of unbranched alkanes of at least 4 members (excludes halogenated alkanes) is 1. The fourth-order valence-corrected chi connectivity index (χ4v) is 4.52. The van der Waals surface area contributed by atoms with Crippen LogP contribution in [-0.2, 0) is 25.6 Å². The lowest BCUT2D eigenvalue weighted by atomic mass is 10.1. The highest BCUT2D eigenvalue weighted by atomic mass is 16.4. The first-order chi connectivity index (χ1) is 16.4. The van der Waals surface area contributed by atoms with Crippen molar-refractivity contribution < 1.29 is 24.3 Å². The van der Waals surface area contributed by atoms with E-state index in [1.54, 1.807) is 6.20 Å². The highest BCUT2D eigenvalue weighted by Gasteiger charge is 2.39. The summed E-state index contributed by atoms with van der Waals surface area (Å²) in [7, 11) is 0. The summed E-state index contributed by atoms with van der Waals surface area (Å²) in [4.78, 5) is 59.2. The van der Waals surface area contributed by atoms with Gasteiger partial charge in [0.25, 0.3) is 0 Å². The van der Waals surface area contributed by atoms with E-state index in [4.69, 9.17) is 5.73 Å². The number of aromatic nitrogens is 2. The standard InChI is InChI=1S/C22H35N7O5/c23-8-2-1-5-16(22(33)34)27-20(31)18-7-4-10-29(18)21(32)17(11-14-12-24-13-26-14)28-19(30)15-6-3-9-25-15/h12-13,15-18,25H,1-11,23H2,(H,24,26)(H,27,31)(H,28,30)(H,33,34). The third kappa shape index (κ3) is 6.76. The Hall–Kier alpha value is -2.99. The van der Waals surface area contributed by atoms with E-state index < -0.39 is 30.0 Å². The van der Waals surface area contributed by atoms with Gasteiger partial charge in [0.15, 0.2) is 0 Å². The molecule has 3 rings (SSSR count). The molecule has 0 aliphatic carbocycles. The number of hydrogen-bond acceptors (Lipinski definition) is 7. The second kappa shape index (κ2) is 12.5. The fourth-order valence-electron chi connectivity index (χ4n) is 4.52. The molecular weight excluding hydrogens is 442 g/mol. The Kier molecular flexibility index (Phi) is 9.40. The minimum Gasteiger partial charge on any atom is -0.480 e. The minimum absolute atomic E-state index is 0.207. The average Bonchev–Trinajstić information content (AvgIpc) is 3.59. The van der Waals surface area contributed by atoms with Crippen LogP contribution in [0.5, 0.6) is 0 Å². The van der Waals surface area contributed by atoms with Crippen LogP contribution in [0.15, 0.2) is 12.5 Å². The Morgan fingerprint density at radius 2 is 1.94 bits per heavy atom. The second-order valence-corrected chi connectivity index (χ2v) is 8.86. The van der Waals surface area contributed by atoms with Crippen LogP contribution in [0, 0.1) is 0 Å². The molecule has 0 radical (unpaired) electrons. The van der Waals surface area contributed by atoms with Gasteiger partial charge in [0.1, 0.15) is 18.1 Å². The summed E-state index contributed by atoms with van der Waals surface area (Å²) in [6.45, 7) is 1.56. The molecule has 0 bridgehead atoms. The van der Waals surface area contributed by atoms with E-state index in [-0.39, 0.29) is 30.7 Å². The van der Waals surface area contributed by atoms with Crippen LogP contribution in [0.4, 0.5) is 0 Å². The van der Waals surface area contributed by atoms with Gasteiger partial charge in [-0.3, -0.25) is 14.4 Å². The zero-order valence-corrected chi connectivity index (χ0v) is 19.3. The van der Waals surface area contributed by atoms with Gasteiger partial charge in [0, 0.05) is 24.9 Å². The molecule has 4 atom stereocenters. The number of nitrogens with two attached hydrogens (primary N) is 1. The number of carboxylic acids is 1. The van der Waals surface area contributed by atoms with Gasteiger partial charge < -0.3 is 36.7 Å². The lowest BCUT2D eigenvalue weighted by molar-refractivity contribution is -0.145. The van der Waals surface area contributed by atoms with Crippen molar-refractivity contribution in [2.45, 2.75) is 75.5 Å². The normalized spacial score (nSPS) is 21.7. The molecule has 3 heterocycles. The topological polar surface area (TPSA) is 183 Å². The largest absolute Gasteiger partial charge is 0.480 e. The first-order valence-electron chi connectivity index (χ1n) is 12.0. The molecule has 12 nitrogen and oxygen atoms in total. The van der Waals surface area contributed by atoms with Crippen molar-refractivity contribution in [2.75, 3.05) is 19.6 Å². The van der Waals surface area contributed by atoms with Crippen LogP contribution in [0.25, 0.3) is 0 Å². The maximum absolute atomic E-state index is 13.5. The zero-order valence-electron chi connectivity index (χ0n) is 19.3. The van der Waals surface area contributed by atoms with E-state index in [0.717, 1.165) is 13.0 Å². The van der Waals surface area contributed by atoms with E-state index in [2.05, 4.69) is 25.9 Å². The number of carbonyl (C=O) groups excluding carboxylic acids is 3. The van der Waals surface area contributed by atoms with Crippen molar-refractivity contribution in [3.63, 3.8) is 0 Å². The molecule has 188 valence electrons. The van der Waals surface area contributed by atoms with Gasteiger partial charge in [0.05, 0.1) is 12.4 Å². The summed E-state index contributed by atoms with van der Waals surface area (Å²) < 4.78 is 0. The molecule has 2 saturated heterocycles. The Labute approximate surface area is 198 Å². The van der Waals surface area contributed by atoms with Crippen LogP contribution in [-0.4, -0.2) is 87.5 Å². The van der Waals surface area contributed by atoms with E-state index in [1.807, 2.05) is 0 Å². The second-order valence-electron chi connectivity index (χ2n) is 8.86. The van der Waals surface area contributed by atoms with Crippen LogP contribution in [0.2, 0.25) is 0 Å². The highest BCUT2D eigenvalue weighted by molar-refractivity contribution is 5.94. The third-order valence-electron chi connectivity index (χ3n) is 6.37. The predicted octanol–water partition coefficient (Wildman–Crippen LogP) is -1.12. The van der Waals surface area contributed by atoms with Gasteiger partial charge in [-0.2, -0.15) is 0 Å². The zero-order chi connectivity index (χ0) is 24.5. The maximum Gasteiger partial charge on any atom is 0.326 e.